The Balaban J connectivity index is 5.04. The fraction of sp³-hybridized carbons (Fsp3) is 0.808. The van der Waals surface area contributed by atoms with Crippen molar-refractivity contribution in [2.24, 2.45) is 0 Å². The fourth-order valence-electron chi connectivity index (χ4n) is 10.3. The summed E-state index contributed by atoms with van der Waals surface area (Å²) in [5.74, 6) is -0.553. The van der Waals surface area contributed by atoms with Gasteiger partial charge in [-0.05, 0) is 76.7 Å². The Morgan fingerprint density at radius 3 is 1.16 bits per heavy atom. The van der Waals surface area contributed by atoms with Crippen molar-refractivity contribution in [3.63, 3.8) is 0 Å². The molecule has 1 amide bonds. The summed E-state index contributed by atoms with van der Waals surface area (Å²) < 4.78 is 30.4. The summed E-state index contributed by atoms with van der Waals surface area (Å²) in [6.45, 7) is 6.75. The molecule has 9 nitrogen and oxygen atoms in total. The zero-order chi connectivity index (χ0) is 60.7. The molecule has 484 valence electrons. The number of allylic oxidation sites excluding steroid dienone is 11. The van der Waals surface area contributed by atoms with Crippen LogP contribution in [0, 0.1) is 0 Å². The Morgan fingerprint density at radius 2 is 0.771 bits per heavy atom. The predicted octanol–water partition coefficient (Wildman–Crippen LogP) is 21.7. The number of rotatable bonds is 64. The number of amides is 1. The van der Waals surface area contributed by atoms with E-state index in [0.717, 1.165) is 103 Å². The van der Waals surface area contributed by atoms with Crippen LogP contribution in [0.1, 0.15) is 329 Å². The summed E-state index contributed by atoms with van der Waals surface area (Å²) in [6.07, 6.45) is 81.8. The quantitative estimate of drug-likeness (QED) is 0.0212. The van der Waals surface area contributed by atoms with Crippen LogP contribution in [0.2, 0.25) is 0 Å². The van der Waals surface area contributed by atoms with E-state index in [0.29, 0.717) is 23.9 Å². The van der Waals surface area contributed by atoms with Crippen LogP contribution >= 0.6 is 7.82 Å². The van der Waals surface area contributed by atoms with Crippen molar-refractivity contribution >= 4 is 19.7 Å². The number of carbonyl (C=O) groups is 2. The molecule has 0 aliphatic rings. The number of nitrogens with one attached hydrogen (secondary N) is 1. The number of phosphoric acid groups is 1. The van der Waals surface area contributed by atoms with Crippen LogP contribution in [0.3, 0.4) is 0 Å². The summed E-state index contributed by atoms with van der Waals surface area (Å²) in [5.41, 5.74) is 0. The van der Waals surface area contributed by atoms with E-state index in [1.165, 1.54) is 186 Å². The molecule has 3 atom stereocenters. The van der Waals surface area contributed by atoms with Gasteiger partial charge in [0.2, 0.25) is 5.91 Å². The highest BCUT2D eigenvalue weighted by Crippen LogP contribution is 2.38. The van der Waals surface area contributed by atoms with Gasteiger partial charge in [0.1, 0.15) is 19.3 Å². The van der Waals surface area contributed by atoms with E-state index in [2.05, 4.69) is 86.8 Å². The molecule has 0 aromatic rings. The number of hydrogen-bond acceptors (Lipinski definition) is 7. The van der Waals surface area contributed by atoms with Gasteiger partial charge in [0.25, 0.3) is 7.82 Å². The van der Waals surface area contributed by atoms with Crippen molar-refractivity contribution in [3.05, 3.63) is 72.9 Å². The van der Waals surface area contributed by atoms with Crippen LogP contribution < -0.4 is 10.2 Å². The molecule has 0 aliphatic heterocycles. The molecule has 0 radical (unpaired) electrons. The van der Waals surface area contributed by atoms with E-state index in [-0.39, 0.29) is 24.9 Å². The molecular weight excluding hydrogens is 1050 g/mol. The Labute approximate surface area is 514 Å². The lowest BCUT2D eigenvalue weighted by atomic mass is 10.0. The molecule has 0 aromatic carbocycles. The minimum absolute atomic E-state index is 0.0265. The SMILES string of the molecule is CC/C=C\C/C=C\C/C=C\C/C=C\C/C=C\CCCCCCCC(=O)OC(/C=C/CCCCCCCCCCC)C(COP(=O)([O-])OCC[N+](C)(C)C)NC(=O)CCCCCCCCCCCCCCCCCCCCCCCCCCC. The highest BCUT2D eigenvalue weighted by Gasteiger charge is 2.27. The molecule has 0 fully saturated rings. The second-order valence-electron chi connectivity index (χ2n) is 25.0. The smallest absolute Gasteiger partial charge is 0.306 e. The third-order valence-corrected chi connectivity index (χ3v) is 16.6. The maximum Gasteiger partial charge on any atom is 0.306 e. The molecule has 0 saturated carbocycles. The number of hydrogen-bond donors (Lipinski definition) is 1. The van der Waals surface area contributed by atoms with Crippen molar-refractivity contribution in [1.29, 1.82) is 0 Å². The second-order valence-corrected chi connectivity index (χ2v) is 26.4. The lowest BCUT2D eigenvalue weighted by Crippen LogP contribution is -2.47. The van der Waals surface area contributed by atoms with E-state index < -0.39 is 26.6 Å². The van der Waals surface area contributed by atoms with E-state index in [4.69, 9.17) is 13.8 Å². The Morgan fingerprint density at radius 1 is 0.434 bits per heavy atom. The molecule has 10 heteroatoms. The van der Waals surface area contributed by atoms with Crippen molar-refractivity contribution < 1.29 is 37.3 Å². The average Bonchev–Trinajstić information content (AvgIpc) is 3.51. The predicted molar refractivity (Wildman–Crippen MR) is 358 cm³/mol. The van der Waals surface area contributed by atoms with Crippen LogP contribution in [0.15, 0.2) is 72.9 Å². The molecule has 3 unspecified atom stereocenters. The first-order valence-electron chi connectivity index (χ1n) is 35.2. The van der Waals surface area contributed by atoms with Crippen LogP contribution in [0.5, 0.6) is 0 Å². The normalized spacial score (nSPS) is 14.0. The third kappa shape index (κ3) is 63.8. The van der Waals surface area contributed by atoms with Gasteiger partial charge >= 0.3 is 5.97 Å². The number of phosphoric ester groups is 1. The van der Waals surface area contributed by atoms with Gasteiger partial charge in [0, 0.05) is 12.8 Å². The number of unbranched alkanes of at least 4 members (excludes halogenated alkanes) is 38. The molecule has 0 spiro atoms. The lowest BCUT2D eigenvalue weighted by molar-refractivity contribution is -0.870. The number of nitrogens with zero attached hydrogens (tertiary/aromatic N) is 1. The first-order valence-corrected chi connectivity index (χ1v) is 36.7. The largest absolute Gasteiger partial charge is 0.756 e. The van der Waals surface area contributed by atoms with E-state index in [1.54, 1.807) is 0 Å². The average molecular weight is 1180 g/mol. The summed E-state index contributed by atoms with van der Waals surface area (Å²) in [4.78, 5) is 40.1. The van der Waals surface area contributed by atoms with Gasteiger partial charge in [0.15, 0.2) is 0 Å². The molecule has 0 rings (SSSR count). The van der Waals surface area contributed by atoms with Crippen molar-refractivity contribution in [2.75, 3.05) is 40.9 Å². The first kappa shape index (κ1) is 80.5. The van der Waals surface area contributed by atoms with Crippen LogP contribution in [0.25, 0.3) is 0 Å². The molecule has 0 heterocycles. The monoisotopic (exact) mass is 1180 g/mol. The molecule has 1 N–H and O–H groups in total. The van der Waals surface area contributed by atoms with Crippen molar-refractivity contribution in [3.8, 4) is 0 Å². The summed E-state index contributed by atoms with van der Waals surface area (Å²) in [6, 6.07) is -0.898. The summed E-state index contributed by atoms with van der Waals surface area (Å²) >= 11 is 0. The Kier molecular flexibility index (Phi) is 60.6. The van der Waals surface area contributed by atoms with Gasteiger partial charge < -0.3 is 28.5 Å². The van der Waals surface area contributed by atoms with Crippen molar-refractivity contribution in [1.82, 2.24) is 5.32 Å². The van der Waals surface area contributed by atoms with Gasteiger partial charge in [0.05, 0.1) is 33.8 Å². The minimum atomic E-state index is -4.71. The van der Waals surface area contributed by atoms with Gasteiger partial charge in [-0.15, -0.1) is 0 Å². The Hall–Kier alpha value is -2.55. The highest BCUT2D eigenvalue weighted by molar-refractivity contribution is 7.45. The molecule has 0 saturated heterocycles. The topological polar surface area (TPSA) is 114 Å². The lowest BCUT2D eigenvalue weighted by Gasteiger charge is -2.30. The fourth-order valence-corrected chi connectivity index (χ4v) is 11.0. The number of carbonyl (C=O) groups excluding carboxylic acids is 2. The molecule has 0 aliphatic carbocycles. The third-order valence-electron chi connectivity index (χ3n) is 15.7. The van der Waals surface area contributed by atoms with Gasteiger partial charge in [-0.2, -0.15) is 0 Å². The maximum atomic E-state index is 13.6. The summed E-state index contributed by atoms with van der Waals surface area (Å²) in [7, 11) is 1.18. The van der Waals surface area contributed by atoms with Crippen molar-refractivity contribution in [2.45, 2.75) is 341 Å². The van der Waals surface area contributed by atoms with Gasteiger partial charge in [-0.25, -0.2) is 0 Å². The maximum absolute atomic E-state index is 13.6. The number of esters is 1. The number of ether oxygens (including phenoxy) is 1. The van der Waals surface area contributed by atoms with Crippen LogP contribution in [-0.4, -0.2) is 69.4 Å². The minimum Gasteiger partial charge on any atom is -0.756 e. The van der Waals surface area contributed by atoms with E-state index in [1.807, 2.05) is 33.3 Å². The van der Waals surface area contributed by atoms with E-state index >= 15 is 0 Å². The van der Waals surface area contributed by atoms with Crippen LogP contribution in [-0.2, 0) is 27.9 Å². The zero-order valence-electron chi connectivity index (χ0n) is 55.4. The van der Waals surface area contributed by atoms with Gasteiger partial charge in [-0.3, -0.25) is 14.2 Å². The number of quaternary nitrogens is 1. The highest BCUT2D eigenvalue weighted by atomic mass is 31.2. The van der Waals surface area contributed by atoms with Gasteiger partial charge in [-0.1, -0.05) is 312 Å². The summed E-state index contributed by atoms with van der Waals surface area (Å²) in [5, 5.41) is 3.04. The molecule has 0 aromatic heterocycles. The first-order chi connectivity index (χ1) is 40.4. The molecule has 0 bridgehead atoms. The Bertz CT molecular complexity index is 1650. The second kappa shape index (κ2) is 62.5. The van der Waals surface area contributed by atoms with E-state index in [9.17, 15) is 19.0 Å². The molecule has 83 heavy (non-hydrogen) atoms. The number of likely N-dealkylation sites (N-methyl/N-ethyl adjacent to an activating group) is 1. The standard InChI is InChI=1S/C73H135N2O7P/c1-7-10-13-16-19-22-25-27-29-31-33-35-36-37-38-40-41-43-45-47-50-53-56-59-62-65-72(76)74-70(69-81-83(78,79)80-68-67-75(4,5)6)71(64-61-58-55-52-49-24-21-18-15-12-9-3)82-73(77)66-63-60-57-54-51-48-46-44-42-39-34-32-30-28-26-23-20-17-14-11-8-2/h11,14,20,23,28,30,34,39,44,46,61,64,70-71H,7-10,12-13,15-19,21-22,24-27,29,31-33,35-38,40-43,45,47-60,62-63,65-69H2,1-6H3,(H-,74,76,78,79)/b14-11-,23-20-,30-28-,39-34-,46-44-,64-61+. The zero-order valence-corrected chi connectivity index (χ0v) is 56.3. The van der Waals surface area contributed by atoms with Crippen LogP contribution in [0.4, 0.5) is 0 Å². The molecular formula is C73H135N2O7P.